The summed E-state index contributed by atoms with van der Waals surface area (Å²) in [6.45, 7) is 2.63. The average molecular weight is 397 g/mol. The highest BCUT2D eigenvalue weighted by molar-refractivity contribution is 6.31. The quantitative estimate of drug-likeness (QED) is 0.651. The molecule has 1 aromatic heterocycles. The van der Waals surface area contributed by atoms with Crippen molar-refractivity contribution < 1.29 is 9.53 Å². The first kappa shape index (κ1) is 19.0. The van der Waals surface area contributed by atoms with E-state index in [1.54, 1.807) is 0 Å². The first-order valence-corrected chi connectivity index (χ1v) is 10.2. The Bertz CT molecular complexity index is 932. The minimum absolute atomic E-state index is 0.141. The summed E-state index contributed by atoms with van der Waals surface area (Å²) in [6, 6.07) is 16.3. The molecule has 0 saturated carbocycles. The Balaban J connectivity index is 1.58. The average Bonchev–Trinajstić information content (AvgIpc) is 3.15. The van der Waals surface area contributed by atoms with Crippen molar-refractivity contribution in [2.75, 3.05) is 26.3 Å². The van der Waals surface area contributed by atoms with E-state index in [1.807, 2.05) is 35.4 Å². The van der Waals surface area contributed by atoms with Crippen molar-refractivity contribution in [3.8, 4) is 0 Å². The second kappa shape index (κ2) is 8.80. The number of nitrogens with one attached hydrogen (secondary N) is 1. The highest BCUT2D eigenvalue weighted by Crippen LogP contribution is 2.33. The van der Waals surface area contributed by atoms with Gasteiger partial charge in [-0.3, -0.25) is 4.79 Å². The number of carbonyl (C=O) groups excluding carboxylic acids is 1. The number of benzene rings is 2. The van der Waals surface area contributed by atoms with E-state index in [9.17, 15) is 4.79 Å². The maximum atomic E-state index is 13.0. The van der Waals surface area contributed by atoms with Gasteiger partial charge in [0.15, 0.2) is 0 Å². The zero-order valence-electron chi connectivity index (χ0n) is 15.9. The molecular weight excluding hydrogens is 372 g/mol. The number of amides is 1. The molecule has 1 unspecified atom stereocenters. The molecule has 1 aliphatic rings. The zero-order chi connectivity index (χ0) is 19.3. The van der Waals surface area contributed by atoms with Gasteiger partial charge in [0, 0.05) is 41.6 Å². The van der Waals surface area contributed by atoms with Crippen LogP contribution in [-0.2, 0) is 16.0 Å². The van der Waals surface area contributed by atoms with Crippen LogP contribution >= 0.6 is 11.6 Å². The summed E-state index contributed by atoms with van der Waals surface area (Å²) in [4.78, 5) is 18.2. The Morgan fingerprint density at radius 1 is 1.14 bits per heavy atom. The second-order valence-electron chi connectivity index (χ2n) is 7.35. The SMILES string of the molecule is O=C(CC(CCc1ccccc1)c1c[nH]c2ccc(Cl)cc12)N1CCOCC1. The van der Waals surface area contributed by atoms with E-state index in [-0.39, 0.29) is 11.8 Å². The van der Waals surface area contributed by atoms with Gasteiger partial charge < -0.3 is 14.6 Å². The van der Waals surface area contributed by atoms with Crippen LogP contribution in [0.4, 0.5) is 0 Å². The molecule has 2 aromatic carbocycles. The molecule has 0 bridgehead atoms. The number of H-pyrrole nitrogens is 1. The number of carbonyl (C=O) groups is 1. The minimum Gasteiger partial charge on any atom is -0.378 e. The van der Waals surface area contributed by atoms with Crippen LogP contribution in [-0.4, -0.2) is 42.1 Å². The van der Waals surface area contributed by atoms with Crippen LogP contribution in [0.3, 0.4) is 0 Å². The van der Waals surface area contributed by atoms with Gasteiger partial charge in [-0.15, -0.1) is 0 Å². The van der Waals surface area contributed by atoms with E-state index in [2.05, 4.69) is 29.2 Å². The summed E-state index contributed by atoms with van der Waals surface area (Å²) in [7, 11) is 0. The first-order valence-electron chi connectivity index (χ1n) is 9.86. The summed E-state index contributed by atoms with van der Waals surface area (Å²) in [5.74, 6) is 0.348. The number of aromatic nitrogens is 1. The number of aromatic amines is 1. The number of aryl methyl sites for hydroxylation is 1. The van der Waals surface area contributed by atoms with Crippen molar-refractivity contribution in [3.63, 3.8) is 0 Å². The number of fused-ring (bicyclic) bond motifs is 1. The molecule has 1 N–H and O–H groups in total. The molecule has 5 heteroatoms. The van der Waals surface area contributed by atoms with Crippen molar-refractivity contribution in [2.45, 2.75) is 25.2 Å². The van der Waals surface area contributed by atoms with Gasteiger partial charge in [-0.2, -0.15) is 0 Å². The molecule has 2 heterocycles. The molecule has 0 aliphatic carbocycles. The number of ether oxygens (including phenoxy) is 1. The Kier molecular flexibility index (Phi) is 5.98. The van der Waals surface area contributed by atoms with Crippen LogP contribution in [0.25, 0.3) is 10.9 Å². The molecule has 4 rings (SSSR count). The lowest BCUT2D eigenvalue weighted by molar-refractivity contribution is -0.135. The lowest BCUT2D eigenvalue weighted by atomic mass is 9.89. The van der Waals surface area contributed by atoms with Gasteiger partial charge in [-0.05, 0) is 48.1 Å². The Morgan fingerprint density at radius 3 is 2.71 bits per heavy atom. The fourth-order valence-electron chi connectivity index (χ4n) is 3.96. The molecule has 1 saturated heterocycles. The van der Waals surface area contributed by atoms with Crippen LogP contribution in [0, 0.1) is 0 Å². The Hall–Kier alpha value is -2.30. The number of hydrogen-bond acceptors (Lipinski definition) is 2. The fourth-order valence-corrected chi connectivity index (χ4v) is 4.13. The largest absolute Gasteiger partial charge is 0.378 e. The van der Waals surface area contributed by atoms with Gasteiger partial charge in [0.05, 0.1) is 13.2 Å². The molecule has 1 amide bonds. The second-order valence-corrected chi connectivity index (χ2v) is 7.79. The van der Waals surface area contributed by atoms with Crippen molar-refractivity contribution in [1.82, 2.24) is 9.88 Å². The van der Waals surface area contributed by atoms with Gasteiger partial charge >= 0.3 is 0 Å². The summed E-state index contributed by atoms with van der Waals surface area (Å²) in [6.07, 6.45) is 4.41. The third kappa shape index (κ3) is 4.40. The van der Waals surface area contributed by atoms with E-state index in [0.29, 0.717) is 32.7 Å². The molecular formula is C23H25ClN2O2. The van der Waals surface area contributed by atoms with Gasteiger partial charge in [-0.1, -0.05) is 41.9 Å². The number of rotatable bonds is 6. The maximum Gasteiger partial charge on any atom is 0.223 e. The van der Waals surface area contributed by atoms with Gasteiger partial charge in [0.1, 0.15) is 0 Å². The van der Waals surface area contributed by atoms with Crippen molar-refractivity contribution in [2.24, 2.45) is 0 Å². The van der Waals surface area contributed by atoms with Gasteiger partial charge in [0.25, 0.3) is 0 Å². The van der Waals surface area contributed by atoms with Crippen LogP contribution in [0.15, 0.2) is 54.7 Å². The smallest absolute Gasteiger partial charge is 0.223 e. The van der Waals surface area contributed by atoms with E-state index >= 15 is 0 Å². The molecule has 4 nitrogen and oxygen atoms in total. The summed E-state index contributed by atoms with van der Waals surface area (Å²) in [5.41, 5.74) is 3.53. The third-order valence-corrected chi connectivity index (χ3v) is 5.76. The monoisotopic (exact) mass is 396 g/mol. The molecule has 1 fully saturated rings. The zero-order valence-corrected chi connectivity index (χ0v) is 16.6. The fraction of sp³-hybridized carbons (Fsp3) is 0.348. The molecule has 28 heavy (non-hydrogen) atoms. The lowest BCUT2D eigenvalue weighted by Crippen LogP contribution is -2.41. The Morgan fingerprint density at radius 2 is 1.93 bits per heavy atom. The number of nitrogens with zero attached hydrogens (tertiary/aromatic N) is 1. The summed E-state index contributed by atoms with van der Waals surface area (Å²) < 4.78 is 5.39. The van der Waals surface area contributed by atoms with Crippen LogP contribution < -0.4 is 0 Å². The highest BCUT2D eigenvalue weighted by Gasteiger charge is 2.24. The highest BCUT2D eigenvalue weighted by atomic mass is 35.5. The van der Waals surface area contributed by atoms with Crippen LogP contribution in [0.5, 0.6) is 0 Å². The van der Waals surface area contributed by atoms with Crippen molar-refractivity contribution in [1.29, 1.82) is 0 Å². The van der Waals surface area contributed by atoms with Gasteiger partial charge in [0.2, 0.25) is 5.91 Å². The van der Waals surface area contributed by atoms with Crippen LogP contribution in [0.1, 0.15) is 29.9 Å². The number of hydrogen-bond donors (Lipinski definition) is 1. The van der Waals surface area contributed by atoms with E-state index in [1.165, 1.54) is 11.1 Å². The predicted octanol–water partition coefficient (Wildman–Crippen LogP) is 4.79. The molecule has 3 aromatic rings. The van der Waals surface area contributed by atoms with E-state index in [4.69, 9.17) is 16.3 Å². The lowest BCUT2D eigenvalue weighted by Gasteiger charge is -2.28. The molecule has 146 valence electrons. The first-order chi connectivity index (χ1) is 13.7. The number of halogens is 1. The Labute approximate surface area is 170 Å². The predicted molar refractivity (Wildman–Crippen MR) is 113 cm³/mol. The summed E-state index contributed by atoms with van der Waals surface area (Å²) in [5, 5.41) is 1.83. The summed E-state index contributed by atoms with van der Waals surface area (Å²) >= 11 is 6.25. The molecule has 1 aliphatic heterocycles. The third-order valence-electron chi connectivity index (χ3n) is 5.52. The minimum atomic E-state index is 0.141. The number of morpholine rings is 1. The van der Waals surface area contributed by atoms with E-state index in [0.717, 1.165) is 28.8 Å². The molecule has 0 radical (unpaired) electrons. The normalized spacial score (nSPS) is 15.7. The molecule has 1 atom stereocenters. The van der Waals surface area contributed by atoms with E-state index < -0.39 is 0 Å². The van der Waals surface area contributed by atoms with Crippen LogP contribution in [0.2, 0.25) is 5.02 Å². The van der Waals surface area contributed by atoms with Crippen molar-refractivity contribution in [3.05, 3.63) is 70.9 Å². The maximum absolute atomic E-state index is 13.0. The van der Waals surface area contributed by atoms with Gasteiger partial charge in [-0.25, -0.2) is 0 Å². The standard InChI is InChI=1S/C23H25ClN2O2/c24-19-8-9-22-20(15-19)21(16-25-22)18(7-6-17-4-2-1-3-5-17)14-23(27)26-10-12-28-13-11-26/h1-5,8-9,15-16,18,25H,6-7,10-14H2. The van der Waals surface area contributed by atoms with Crippen molar-refractivity contribution >= 4 is 28.4 Å². The topological polar surface area (TPSA) is 45.3 Å². The molecule has 0 spiro atoms.